The average molecular weight is 218 g/mol. The molecule has 0 spiro atoms. The lowest BCUT2D eigenvalue weighted by atomic mass is 10.1. The molecule has 0 atom stereocenters. The monoisotopic (exact) mass is 218 g/mol. The molecule has 0 radical (unpaired) electrons. The number of anilines is 1. The first-order valence-electron chi connectivity index (χ1n) is 4.73. The lowest BCUT2D eigenvalue weighted by Crippen LogP contribution is -2.10. The minimum Gasteiger partial charge on any atom is -0.470 e. The number of rotatable bonds is 1. The van der Waals surface area contributed by atoms with Crippen LogP contribution in [-0.4, -0.2) is 5.91 Å². The van der Waals surface area contributed by atoms with E-state index in [0.717, 1.165) is 5.56 Å². The minimum atomic E-state index is -0.375. The van der Waals surface area contributed by atoms with Crippen LogP contribution < -0.4 is 11.5 Å². The standard InChI is InChI=1S/C8H9NO.C4H5NO/c1-6-2-4-7(5-3-6)8(9)10;5-4-1-2-6-3-4/h2-5H,1H3,(H2,9,10);1-3H,5H2. The zero-order valence-corrected chi connectivity index (χ0v) is 9.01. The molecule has 0 saturated carbocycles. The quantitative estimate of drug-likeness (QED) is 0.767. The van der Waals surface area contributed by atoms with Crippen LogP contribution in [-0.2, 0) is 0 Å². The molecule has 4 nitrogen and oxygen atoms in total. The lowest BCUT2D eigenvalue weighted by molar-refractivity contribution is 0.100. The fourth-order valence-electron chi connectivity index (χ4n) is 0.993. The molecule has 1 amide bonds. The largest absolute Gasteiger partial charge is 0.470 e. The Bertz CT molecular complexity index is 433. The van der Waals surface area contributed by atoms with Gasteiger partial charge < -0.3 is 15.9 Å². The van der Waals surface area contributed by atoms with Crippen molar-refractivity contribution in [3.63, 3.8) is 0 Å². The minimum absolute atomic E-state index is 0.375. The topological polar surface area (TPSA) is 82.2 Å². The van der Waals surface area contributed by atoms with Crippen molar-refractivity contribution < 1.29 is 9.21 Å². The Morgan fingerprint density at radius 3 is 2.12 bits per heavy atom. The number of carbonyl (C=O) groups is 1. The van der Waals surface area contributed by atoms with Gasteiger partial charge in [0.1, 0.15) is 6.26 Å². The van der Waals surface area contributed by atoms with Crippen molar-refractivity contribution in [1.29, 1.82) is 0 Å². The number of nitrogens with two attached hydrogens (primary N) is 2. The molecule has 0 aliphatic rings. The average Bonchev–Trinajstić information content (AvgIpc) is 2.71. The van der Waals surface area contributed by atoms with E-state index in [1.54, 1.807) is 18.2 Å². The number of primary amides is 1. The van der Waals surface area contributed by atoms with E-state index < -0.39 is 0 Å². The number of furan rings is 1. The second-order valence-electron chi connectivity index (χ2n) is 3.29. The predicted octanol–water partition coefficient (Wildman–Crippen LogP) is 1.96. The molecule has 4 N–H and O–H groups in total. The first-order chi connectivity index (χ1) is 7.59. The molecule has 2 rings (SSSR count). The van der Waals surface area contributed by atoms with Crippen molar-refractivity contribution in [3.05, 3.63) is 54.0 Å². The van der Waals surface area contributed by atoms with Crippen molar-refractivity contribution in [2.75, 3.05) is 5.73 Å². The van der Waals surface area contributed by atoms with Gasteiger partial charge in [0.2, 0.25) is 5.91 Å². The molecule has 16 heavy (non-hydrogen) atoms. The fraction of sp³-hybridized carbons (Fsp3) is 0.0833. The summed E-state index contributed by atoms with van der Waals surface area (Å²) in [6.07, 6.45) is 3.02. The molecule has 1 aromatic heterocycles. The summed E-state index contributed by atoms with van der Waals surface area (Å²) < 4.78 is 4.59. The van der Waals surface area contributed by atoms with Crippen LogP contribution >= 0.6 is 0 Å². The van der Waals surface area contributed by atoms with Crippen LogP contribution in [0.2, 0.25) is 0 Å². The first-order valence-corrected chi connectivity index (χ1v) is 4.73. The number of nitrogen functional groups attached to an aromatic ring is 1. The van der Waals surface area contributed by atoms with Crippen LogP contribution in [0.3, 0.4) is 0 Å². The van der Waals surface area contributed by atoms with Crippen LogP contribution in [0.1, 0.15) is 15.9 Å². The fourth-order valence-corrected chi connectivity index (χ4v) is 0.993. The van der Waals surface area contributed by atoms with Crippen LogP contribution in [0.15, 0.2) is 47.3 Å². The van der Waals surface area contributed by atoms with Gasteiger partial charge in [0.05, 0.1) is 12.0 Å². The Morgan fingerprint density at radius 2 is 1.81 bits per heavy atom. The van der Waals surface area contributed by atoms with Gasteiger partial charge in [-0.3, -0.25) is 4.79 Å². The number of carbonyl (C=O) groups excluding carboxylic acids is 1. The summed E-state index contributed by atoms with van der Waals surface area (Å²) in [4.78, 5) is 10.5. The summed E-state index contributed by atoms with van der Waals surface area (Å²) in [7, 11) is 0. The highest BCUT2D eigenvalue weighted by Gasteiger charge is 1.95. The van der Waals surface area contributed by atoms with Gasteiger partial charge in [-0.2, -0.15) is 0 Å². The van der Waals surface area contributed by atoms with Crippen molar-refractivity contribution in [3.8, 4) is 0 Å². The SMILES string of the molecule is Cc1ccc(C(N)=O)cc1.Nc1ccoc1. The predicted molar refractivity (Wildman–Crippen MR) is 62.8 cm³/mol. The molecule has 4 heteroatoms. The van der Waals surface area contributed by atoms with Crippen molar-refractivity contribution in [1.82, 2.24) is 0 Å². The molecular weight excluding hydrogens is 204 g/mol. The summed E-state index contributed by atoms with van der Waals surface area (Å²) >= 11 is 0. The lowest BCUT2D eigenvalue weighted by Gasteiger charge is -1.93. The van der Waals surface area contributed by atoms with Crippen molar-refractivity contribution >= 4 is 11.6 Å². The third-order valence-electron chi connectivity index (χ3n) is 1.88. The molecule has 0 fully saturated rings. The number of hydrogen-bond acceptors (Lipinski definition) is 3. The van der Waals surface area contributed by atoms with Crippen LogP contribution in [0.4, 0.5) is 5.69 Å². The Labute approximate surface area is 93.9 Å². The number of benzene rings is 1. The van der Waals surface area contributed by atoms with Gasteiger partial charge in [-0.25, -0.2) is 0 Å². The van der Waals surface area contributed by atoms with E-state index in [-0.39, 0.29) is 5.91 Å². The van der Waals surface area contributed by atoms with Gasteiger partial charge in [0.15, 0.2) is 0 Å². The molecule has 1 heterocycles. The van der Waals surface area contributed by atoms with E-state index in [1.165, 1.54) is 12.5 Å². The van der Waals surface area contributed by atoms with Gasteiger partial charge in [-0.1, -0.05) is 17.7 Å². The molecule has 0 unspecified atom stereocenters. The smallest absolute Gasteiger partial charge is 0.248 e. The molecule has 84 valence electrons. The van der Waals surface area contributed by atoms with Crippen LogP contribution in [0.5, 0.6) is 0 Å². The highest BCUT2D eigenvalue weighted by Crippen LogP contribution is 2.01. The molecule has 0 aliphatic heterocycles. The molecular formula is C12H14N2O2. The Balaban J connectivity index is 0.000000181. The van der Waals surface area contributed by atoms with E-state index >= 15 is 0 Å². The third kappa shape index (κ3) is 3.88. The van der Waals surface area contributed by atoms with Crippen LogP contribution in [0, 0.1) is 6.92 Å². The third-order valence-corrected chi connectivity index (χ3v) is 1.88. The second-order valence-corrected chi connectivity index (χ2v) is 3.29. The number of hydrogen-bond donors (Lipinski definition) is 2. The molecule has 0 saturated heterocycles. The number of amides is 1. The molecule has 2 aromatic rings. The zero-order valence-electron chi connectivity index (χ0n) is 9.01. The number of aryl methyl sites for hydroxylation is 1. The highest BCUT2D eigenvalue weighted by atomic mass is 16.3. The van der Waals surface area contributed by atoms with E-state index in [1.807, 2.05) is 19.1 Å². The Morgan fingerprint density at radius 1 is 1.19 bits per heavy atom. The van der Waals surface area contributed by atoms with Gasteiger partial charge in [0, 0.05) is 5.56 Å². The van der Waals surface area contributed by atoms with Gasteiger partial charge >= 0.3 is 0 Å². The van der Waals surface area contributed by atoms with Crippen LogP contribution in [0.25, 0.3) is 0 Å². The summed E-state index contributed by atoms with van der Waals surface area (Å²) in [6, 6.07) is 8.86. The second kappa shape index (κ2) is 5.60. The summed E-state index contributed by atoms with van der Waals surface area (Å²) in [6.45, 7) is 1.96. The van der Waals surface area contributed by atoms with E-state index in [4.69, 9.17) is 11.5 Å². The van der Waals surface area contributed by atoms with Gasteiger partial charge in [-0.15, -0.1) is 0 Å². The van der Waals surface area contributed by atoms with E-state index in [2.05, 4.69) is 4.42 Å². The van der Waals surface area contributed by atoms with Gasteiger partial charge in [0.25, 0.3) is 0 Å². The molecule has 1 aromatic carbocycles. The van der Waals surface area contributed by atoms with Crippen molar-refractivity contribution in [2.45, 2.75) is 6.92 Å². The Hall–Kier alpha value is -2.23. The summed E-state index contributed by atoms with van der Waals surface area (Å²) in [5.74, 6) is -0.375. The Kier molecular flexibility index (Phi) is 4.15. The first kappa shape index (κ1) is 11.8. The van der Waals surface area contributed by atoms with E-state index in [9.17, 15) is 4.79 Å². The van der Waals surface area contributed by atoms with Gasteiger partial charge in [-0.05, 0) is 25.1 Å². The van der Waals surface area contributed by atoms with Crippen molar-refractivity contribution in [2.24, 2.45) is 5.73 Å². The summed E-state index contributed by atoms with van der Waals surface area (Å²) in [5.41, 5.74) is 12.6. The normalized spacial score (nSPS) is 9.06. The highest BCUT2D eigenvalue weighted by molar-refractivity contribution is 5.92. The molecule has 0 bridgehead atoms. The molecule has 0 aliphatic carbocycles. The summed E-state index contributed by atoms with van der Waals surface area (Å²) in [5, 5.41) is 0. The van der Waals surface area contributed by atoms with E-state index in [0.29, 0.717) is 11.3 Å². The maximum Gasteiger partial charge on any atom is 0.248 e. The maximum absolute atomic E-state index is 10.5. The maximum atomic E-state index is 10.5. The zero-order chi connectivity index (χ0) is 12.0.